The molecule has 0 saturated carbocycles. The van der Waals surface area contributed by atoms with Gasteiger partial charge in [-0.1, -0.05) is 28.1 Å². The fourth-order valence-corrected chi connectivity index (χ4v) is 2.08. The van der Waals surface area contributed by atoms with Crippen molar-refractivity contribution in [2.75, 3.05) is 5.32 Å². The van der Waals surface area contributed by atoms with E-state index >= 15 is 0 Å². The molecule has 0 radical (unpaired) electrons. The van der Waals surface area contributed by atoms with Gasteiger partial charge in [-0.3, -0.25) is 4.79 Å². The molecule has 0 fully saturated rings. The predicted molar refractivity (Wildman–Crippen MR) is 75.7 cm³/mol. The fourth-order valence-electron chi connectivity index (χ4n) is 1.66. The van der Waals surface area contributed by atoms with Gasteiger partial charge in [0.1, 0.15) is 0 Å². The molecule has 2 aromatic rings. The number of benzene rings is 1. The molecule has 5 heteroatoms. The first-order chi connectivity index (χ1) is 8.58. The zero-order valence-corrected chi connectivity index (χ0v) is 11.8. The van der Waals surface area contributed by atoms with Gasteiger partial charge in [-0.2, -0.15) is 0 Å². The van der Waals surface area contributed by atoms with E-state index in [4.69, 9.17) is 0 Å². The van der Waals surface area contributed by atoms with E-state index in [-0.39, 0.29) is 11.6 Å². The molecule has 18 heavy (non-hydrogen) atoms. The maximum Gasteiger partial charge on any atom is 0.293 e. The van der Waals surface area contributed by atoms with Crippen LogP contribution in [0, 0.1) is 0 Å². The highest BCUT2D eigenvalue weighted by atomic mass is 79.9. The van der Waals surface area contributed by atoms with E-state index in [0.29, 0.717) is 5.82 Å². The molecule has 0 aliphatic rings. The number of nitrogens with one attached hydrogen (secondary N) is 1. The molecule has 1 N–H and O–H groups in total. The highest BCUT2D eigenvalue weighted by Crippen LogP contribution is 2.19. The van der Waals surface area contributed by atoms with Gasteiger partial charge in [0.15, 0.2) is 5.82 Å². The average Bonchev–Trinajstić information content (AvgIpc) is 2.35. The Hall–Kier alpha value is -1.62. The Kier molecular flexibility index (Phi) is 3.81. The van der Waals surface area contributed by atoms with Gasteiger partial charge >= 0.3 is 0 Å². The normalized spacial score (nSPS) is 12.2. The highest BCUT2D eigenvalue weighted by Gasteiger charge is 2.09. The van der Waals surface area contributed by atoms with Crippen LogP contribution in [-0.2, 0) is 7.05 Å². The van der Waals surface area contributed by atoms with E-state index < -0.39 is 0 Å². The van der Waals surface area contributed by atoms with E-state index in [1.165, 1.54) is 4.57 Å². The molecule has 1 aromatic carbocycles. The van der Waals surface area contributed by atoms with Crippen LogP contribution in [0.5, 0.6) is 0 Å². The van der Waals surface area contributed by atoms with E-state index in [0.717, 1.165) is 10.0 Å². The average molecular weight is 308 g/mol. The van der Waals surface area contributed by atoms with Crippen LogP contribution in [0.1, 0.15) is 18.5 Å². The van der Waals surface area contributed by atoms with Gasteiger partial charge in [-0.15, -0.1) is 0 Å². The van der Waals surface area contributed by atoms with Gasteiger partial charge in [-0.05, 0) is 24.6 Å². The van der Waals surface area contributed by atoms with Gasteiger partial charge in [0.25, 0.3) is 5.56 Å². The Labute approximate surface area is 114 Å². The highest BCUT2D eigenvalue weighted by molar-refractivity contribution is 9.10. The Morgan fingerprint density at radius 3 is 2.94 bits per heavy atom. The molecule has 0 aliphatic heterocycles. The minimum Gasteiger partial charge on any atom is -0.359 e. The lowest BCUT2D eigenvalue weighted by Crippen LogP contribution is -2.23. The summed E-state index contributed by atoms with van der Waals surface area (Å²) in [4.78, 5) is 15.9. The summed E-state index contributed by atoms with van der Waals surface area (Å²) >= 11 is 3.43. The third-order valence-electron chi connectivity index (χ3n) is 2.72. The molecule has 0 spiro atoms. The van der Waals surface area contributed by atoms with Crippen LogP contribution in [0.3, 0.4) is 0 Å². The van der Waals surface area contributed by atoms with Crippen LogP contribution in [0.2, 0.25) is 0 Å². The molecule has 1 unspecified atom stereocenters. The molecule has 0 saturated heterocycles. The van der Waals surface area contributed by atoms with Crippen molar-refractivity contribution in [3.63, 3.8) is 0 Å². The largest absolute Gasteiger partial charge is 0.359 e. The van der Waals surface area contributed by atoms with Crippen LogP contribution < -0.4 is 10.9 Å². The van der Waals surface area contributed by atoms with Crippen molar-refractivity contribution in [3.05, 3.63) is 57.0 Å². The standard InChI is InChI=1S/C13H14BrN3O/c1-9(10-4-3-5-11(14)8-10)16-12-13(18)17(2)7-6-15-12/h3-9H,1-2H3,(H,15,16). The van der Waals surface area contributed by atoms with Gasteiger partial charge in [0.2, 0.25) is 0 Å². The van der Waals surface area contributed by atoms with E-state index in [1.54, 1.807) is 19.4 Å². The fraction of sp³-hybridized carbons (Fsp3) is 0.231. The number of rotatable bonds is 3. The Morgan fingerprint density at radius 2 is 2.22 bits per heavy atom. The Bertz CT molecular complexity index is 609. The summed E-state index contributed by atoms with van der Waals surface area (Å²) < 4.78 is 2.52. The number of halogens is 1. The maximum atomic E-state index is 11.8. The van der Waals surface area contributed by atoms with Crippen molar-refractivity contribution in [3.8, 4) is 0 Å². The first-order valence-electron chi connectivity index (χ1n) is 5.61. The second-order valence-corrected chi connectivity index (χ2v) is 5.03. The minimum absolute atomic E-state index is 0.0186. The second-order valence-electron chi connectivity index (χ2n) is 4.11. The smallest absolute Gasteiger partial charge is 0.293 e. The number of hydrogen-bond donors (Lipinski definition) is 1. The molecule has 0 amide bonds. The van der Waals surface area contributed by atoms with Crippen LogP contribution >= 0.6 is 15.9 Å². The lowest BCUT2D eigenvalue weighted by atomic mass is 10.1. The molecule has 94 valence electrons. The van der Waals surface area contributed by atoms with Crippen molar-refractivity contribution in [1.82, 2.24) is 9.55 Å². The Balaban J connectivity index is 2.24. The van der Waals surface area contributed by atoms with Crippen molar-refractivity contribution in [1.29, 1.82) is 0 Å². The number of nitrogens with zero attached hydrogens (tertiary/aromatic N) is 2. The lowest BCUT2D eigenvalue weighted by Gasteiger charge is -2.15. The first kappa shape index (κ1) is 12.8. The zero-order valence-electron chi connectivity index (χ0n) is 10.2. The quantitative estimate of drug-likeness (QED) is 0.948. The summed E-state index contributed by atoms with van der Waals surface area (Å²) in [5.41, 5.74) is 0.969. The number of hydrogen-bond acceptors (Lipinski definition) is 3. The van der Waals surface area contributed by atoms with Crippen molar-refractivity contribution < 1.29 is 0 Å². The first-order valence-corrected chi connectivity index (χ1v) is 6.41. The summed E-state index contributed by atoms with van der Waals surface area (Å²) in [5.74, 6) is 0.368. The third-order valence-corrected chi connectivity index (χ3v) is 3.21. The van der Waals surface area contributed by atoms with Gasteiger partial charge in [0, 0.05) is 23.9 Å². The molecular weight excluding hydrogens is 294 g/mol. The maximum absolute atomic E-state index is 11.8. The summed E-state index contributed by atoms with van der Waals surface area (Å²) in [5, 5.41) is 3.13. The number of aryl methyl sites for hydroxylation is 1. The summed E-state index contributed by atoms with van der Waals surface area (Å²) in [6, 6.07) is 7.98. The predicted octanol–water partition coefficient (Wildman–Crippen LogP) is 2.72. The van der Waals surface area contributed by atoms with E-state index in [2.05, 4.69) is 26.2 Å². The topological polar surface area (TPSA) is 46.9 Å². The van der Waals surface area contributed by atoms with Gasteiger partial charge in [-0.25, -0.2) is 4.98 Å². The molecule has 0 aliphatic carbocycles. The monoisotopic (exact) mass is 307 g/mol. The van der Waals surface area contributed by atoms with Crippen molar-refractivity contribution in [2.45, 2.75) is 13.0 Å². The minimum atomic E-state index is -0.126. The lowest BCUT2D eigenvalue weighted by molar-refractivity contribution is 0.813. The third kappa shape index (κ3) is 2.79. The van der Waals surface area contributed by atoms with Crippen molar-refractivity contribution in [2.24, 2.45) is 7.05 Å². The zero-order chi connectivity index (χ0) is 13.1. The molecular formula is C13H14BrN3O. The molecule has 4 nitrogen and oxygen atoms in total. The van der Waals surface area contributed by atoms with Crippen LogP contribution in [0.4, 0.5) is 5.82 Å². The molecule has 1 heterocycles. The summed E-state index contributed by atoms with van der Waals surface area (Å²) in [6.45, 7) is 2.00. The van der Waals surface area contributed by atoms with Crippen LogP contribution in [0.15, 0.2) is 45.9 Å². The van der Waals surface area contributed by atoms with Crippen LogP contribution in [0.25, 0.3) is 0 Å². The number of aromatic nitrogens is 2. The van der Waals surface area contributed by atoms with Crippen LogP contribution in [-0.4, -0.2) is 9.55 Å². The van der Waals surface area contributed by atoms with Gasteiger partial charge in [0.05, 0.1) is 6.04 Å². The number of anilines is 1. The summed E-state index contributed by atoms with van der Waals surface area (Å²) in [6.07, 6.45) is 3.24. The van der Waals surface area contributed by atoms with Gasteiger partial charge < -0.3 is 9.88 Å². The SMILES string of the molecule is CC(Nc1nccn(C)c1=O)c1cccc(Br)c1. The molecule has 1 atom stereocenters. The second kappa shape index (κ2) is 5.35. The molecule has 0 bridgehead atoms. The molecule has 2 rings (SSSR count). The van der Waals surface area contributed by atoms with Crippen molar-refractivity contribution >= 4 is 21.7 Å². The Morgan fingerprint density at radius 1 is 1.44 bits per heavy atom. The van der Waals surface area contributed by atoms with E-state index in [9.17, 15) is 4.79 Å². The summed E-state index contributed by atoms with van der Waals surface area (Å²) in [7, 11) is 1.71. The molecule has 1 aromatic heterocycles. The van der Waals surface area contributed by atoms with E-state index in [1.807, 2.05) is 31.2 Å².